The van der Waals surface area contributed by atoms with Crippen LogP contribution in [0, 0.1) is 11.6 Å². The number of amides is 1. The fraction of sp³-hybridized carbons (Fsp3) is 0.167. The van der Waals surface area contributed by atoms with Gasteiger partial charge in [0.25, 0.3) is 5.91 Å². The van der Waals surface area contributed by atoms with Crippen LogP contribution in [0.4, 0.5) is 22.0 Å². The first-order valence-electron chi connectivity index (χ1n) is 8.01. The molecule has 154 valence electrons. The van der Waals surface area contributed by atoms with Crippen molar-refractivity contribution in [2.45, 2.75) is 6.18 Å². The van der Waals surface area contributed by atoms with Crippen molar-refractivity contribution in [2.75, 3.05) is 13.2 Å². The Labute approximate surface area is 161 Å². The average Bonchev–Trinajstić information content (AvgIpc) is 3.21. The lowest BCUT2D eigenvalue weighted by molar-refractivity contribution is -0.137. The minimum Gasteiger partial charge on any atom is -0.395 e. The Bertz CT molecular complexity index is 909. The monoisotopic (exact) mass is 415 g/mol. The van der Waals surface area contributed by atoms with Crippen molar-refractivity contribution < 1.29 is 36.4 Å². The van der Waals surface area contributed by atoms with Crippen LogP contribution >= 0.6 is 0 Å². The number of halogens is 5. The van der Waals surface area contributed by atoms with E-state index in [2.05, 4.69) is 20.0 Å². The van der Waals surface area contributed by atoms with E-state index in [9.17, 15) is 26.7 Å². The Hall–Kier alpha value is -3.34. The summed E-state index contributed by atoms with van der Waals surface area (Å²) in [6.07, 6.45) is -3.21. The van der Waals surface area contributed by atoms with Crippen molar-refractivity contribution in [3.05, 3.63) is 71.6 Å². The minimum absolute atomic E-state index is 0.0351. The Morgan fingerprint density at radius 3 is 2.17 bits per heavy atom. The van der Waals surface area contributed by atoms with Crippen LogP contribution in [0.3, 0.4) is 0 Å². The highest BCUT2D eigenvalue weighted by molar-refractivity contribution is 5.94. The SMILES string of the molecule is FC(F)(F)c1ccc(-c2ncon2)cc1.O=C(NCCO)c1c(F)cccc1F. The number of benzene rings is 2. The quantitative estimate of drug-likeness (QED) is 0.638. The van der Waals surface area contributed by atoms with Crippen molar-refractivity contribution in [3.8, 4) is 11.4 Å². The molecule has 0 unspecified atom stereocenters. The van der Waals surface area contributed by atoms with Crippen LogP contribution < -0.4 is 5.32 Å². The zero-order valence-corrected chi connectivity index (χ0v) is 14.6. The van der Waals surface area contributed by atoms with E-state index in [1.165, 1.54) is 18.2 Å². The van der Waals surface area contributed by atoms with Gasteiger partial charge in [0, 0.05) is 12.1 Å². The first kappa shape index (κ1) is 22.0. The van der Waals surface area contributed by atoms with Gasteiger partial charge in [-0.1, -0.05) is 23.4 Å². The Kier molecular flexibility index (Phi) is 7.37. The van der Waals surface area contributed by atoms with Gasteiger partial charge in [-0.15, -0.1) is 0 Å². The second kappa shape index (κ2) is 9.73. The first-order valence-corrected chi connectivity index (χ1v) is 8.01. The first-order chi connectivity index (χ1) is 13.7. The third kappa shape index (κ3) is 6.07. The average molecular weight is 415 g/mol. The molecule has 0 radical (unpaired) electrons. The standard InChI is InChI=1S/C9H5F3N2O.C9H9F2NO2/c10-9(11,12)7-3-1-6(2-4-7)8-13-5-15-14-8;10-6-2-1-3-7(11)8(6)9(14)12-4-5-13/h1-5H;1-3,13H,4-5H2,(H,12,14). The van der Waals surface area contributed by atoms with Crippen LogP contribution in [0.25, 0.3) is 11.4 Å². The molecule has 0 atom stereocenters. The van der Waals surface area contributed by atoms with Crippen LogP contribution in [0.5, 0.6) is 0 Å². The lowest BCUT2D eigenvalue weighted by atomic mass is 10.1. The molecule has 1 aromatic heterocycles. The third-order valence-electron chi connectivity index (χ3n) is 3.42. The number of aliphatic hydroxyl groups is 1. The van der Waals surface area contributed by atoms with Crippen molar-refractivity contribution in [1.29, 1.82) is 0 Å². The molecule has 3 aromatic rings. The number of aromatic nitrogens is 2. The second-order valence-electron chi connectivity index (χ2n) is 5.41. The normalized spacial score (nSPS) is 10.8. The molecule has 0 aliphatic carbocycles. The molecule has 0 aliphatic rings. The summed E-state index contributed by atoms with van der Waals surface area (Å²) in [4.78, 5) is 14.9. The number of carbonyl (C=O) groups excluding carboxylic acids is 1. The predicted octanol–water partition coefficient (Wildman–Crippen LogP) is 3.44. The van der Waals surface area contributed by atoms with Crippen LogP contribution in [0.2, 0.25) is 0 Å². The summed E-state index contributed by atoms with van der Waals surface area (Å²) in [6.45, 7) is -0.311. The van der Waals surface area contributed by atoms with Gasteiger partial charge in [0.2, 0.25) is 12.2 Å². The largest absolute Gasteiger partial charge is 0.416 e. The summed E-state index contributed by atoms with van der Waals surface area (Å²) in [7, 11) is 0. The van der Waals surface area contributed by atoms with E-state index in [4.69, 9.17) is 5.11 Å². The fourth-order valence-electron chi connectivity index (χ4n) is 2.08. The fourth-order valence-corrected chi connectivity index (χ4v) is 2.08. The number of rotatable bonds is 4. The van der Waals surface area contributed by atoms with Crippen molar-refractivity contribution >= 4 is 5.91 Å². The number of aliphatic hydroxyl groups excluding tert-OH is 1. The molecule has 1 amide bonds. The molecule has 2 aromatic carbocycles. The van der Waals surface area contributed by atoms with Gasteiger partial charge in [0.15, 0.2) is 0 Å². The molecule has 1 heterocycles. The van der Waals surface area contributed by atoms with E-state index < -0.39 is 34.8 Å². The summed E-state index contributed by atoms with van der Waals surface area (Å²) in [5.74, 6) is -2.43. The molecular weight excluding hydrogens is 401 g/mol. The van der Waals surface area contributed by atoms with Gasteiger partial charge in [-0.2, -0.15) is 18.2 Å². The Morgan fingerprint density at radius 2 is 1.69 bits per heavy atom. The number of nitrogens with one attached hydrogen (secondary N) is 1. The van der Waals surface area contributed by atoms with E-state index in [1.54, 1.807) is 0 Å². The van der Waals surface area contributed by atoms with E-state index in [1.807, 2.05) is 0 Å². The number of carbonyl (C=O) groups is 1. The summed E-state index contributed by atoms with van der Waals surface area (Å²) in [5, 5.41) is 14.1. The topological polar surface area (TPSA) is 88.2 Å². The van der Waals surface area contributed by atoms with E-state index >= 15 is 0 Å². The van der Waals surface area contributed by atoms with Crippen LogP contribution in [-0.4, -0.2) is 34.3 Å². The molecule has 0 bridgehead atoms. The molecule has 0 spiro atoms. The minimum atomic E-state index is -4.32. The third-order valence-corrected chi connectivity index (χ3v) is 3.42. The summed E-state index contributed by atoms with van der Waals surface area (Å²) < 4.78 is 67.0. The lowest BCUT2D eigenvalue weighted by Crippen LogP contribution is -2.28. The molecule has 0 fully saturated rings. The van der Waals surface area contributed by atoms with Gasteiger partial charge in [0.1, 0.15) is 17.2 Å². The Morgan fingerprint density at radius 1 is 1.07 bits per heavy atom. The highest BCUT2D eigenvalue weighted by atomic mass is 19.4. The van der Waals surface area contributed by atoms with E-state index in [-0.39, 0.29) is 19.0 Å². The van der Waals surface area contributed by atoms with Gasteiger partial charge in [-0.25, -0.2) is 8.78 Å². The van der Waals surface area contributed by atoms with Gasteiger partial charge in [0.05, 0.1) is 12.2 Å². The highest BCUT2D eigenvalue weighted by Gasteiger charge is 2.30. The van der Waals surface area contributed by atoms with Gasteiger partial charge >= 0.3 is 6.18 Å². The summed E-state index contributed by atoms with van der Waals surface area (Å²) >= 11 is 0. The molecule has 3 rings (SSSR count). The van der Waals surface area contributed by atoms with Gasteiger partial charge in [-0.3, -0.25) is 4.79 Å². The van der Waals surface area contributed by atoms with Crippen molar-refractivity contribution in [1.82, 2.24) is 15.5 Å². The number of hydrogen-bond acceptors (Lipinski definition) is 5. The zero-order valence-electron chi connectivity index (χ0n) is 14.6. The smallest absolute Gasteiger partial charge is 0.395 e. The molecular formula is C18H14F5N3O3. The van der Waals surface area contributed by atoms with Crippen molar-refractivity contribution in [3.63, 3.8) is 0 Å². The van der Waals surface area contributed by atoms with Crippen LogP contribution in [0.1, 0.15) is 15.9 Å². The molecule has 0 saturated carbocycles. The molecule has 6 nitrogen and oxygen atoms in total. The molecule has 2 N–H and O–H groups in total. The molecule has 0 aliphatic heterocycles. The number of hydrogen-bond donors (Lipinski definition) is 2. The van der Waals surface area contributed by atoms with E-state index in [0.717, 1.165) is 30.7 Å². The molecule has 29 heavy (non-hydrogen) atoms. The van der Waals surface area contributed by atoms with Crippen LogP contribution in [-0.2, 0) is 6.18 Å². The lowest BCUT2D eigenvalue weighted by Gasteiger charge is -2.05. The number of alkyl halides is 3. The summed E-state index contributed by atoms with van der Waals surface area (Å²) in [5.41, 5.74) is -0.840. The molecule has 11 heteroatoms. The second-order valence-corrected chi connectivity index (χ2v) is 5.41. The zero-order chi connectivity index (χ0) is 21.4. The maximum absolute atomic E-state index is 13.0. The summed E-state index contributed by atoms with van der Waals surface area (Å²) in [6, 6.07) is 7.72. The maximum Gasteiger partial charge on any atom is 0.416 e. The maximum atomic E-state index is 13.0. The Balaban J connectivity index is 0.000000208. The van der Waals surface area contributed by atoms with Gasteiger partial charge < -0.3 is 14.9 Å². The molecule has 0 saturated heterocycles. The van der Waals surface area contributed by atoms with Gasteiger partial charge in [-0.05, 0) is 24.3 Å². The number of nitrogens with zero attached hydrogens (tertiary/aromatic N) is 2. The van der Waals surface area contributed by atoms with Crippen LogP contribution in [0.15, 0.2) is 53.4 Å². The van der Waals surface area contributed by atoms with E-state index in [0.29, 0.717) is 5.56 Å². The predicted molar refractivity (Wildman–Crippen MR) is 90.5 cm³/mol. The van der Waals surface area contributed by atoms with Crippen molar-refractivity contribution in [2.24, 2.45) is 0 Å². The highest BCUT2D eigenvalue weighted by Crippen LogP contribution is 2.30.